The molecule has 0 spiro atoms. The average molecular weight is 639 g/mol. The summed E-state index contributed by atoms with van der Waals surface area (Å²) >= 11 is 0. The fraction of sp³-hybridized carbons (Fsp3) is 0.472. The van der Waals surface area contributed by atoms with Crippen molar-refractivity contribution in [3.8, 4) is 0 Å². The summed E-state index contributed by atoms with van der Waals surface area (Å²) in [5.41, 5.74) is 4.35. The first-order valence-corrected chi connectivity index (χ1v) is 17.8. The Balaban J connectivity index is 1.31. The smallest absolute Gasteiger partial charge is 0.232 e. The van der Waals surface area contributed by atoms with Crippen LogP contribution in [0.4, 0.5) is 5.69 Å². The minimum Gasteiger partial charge on any atom is -0.381 e. The molecule has 8 nitrogen and oxygen atoms in total. The van der Waals surface area contributed by atoms with Gasteiger partial charge in [0.15, 0.2) is 12.1 Å². The van der Waals surface area contributed by atoms with E-state index in [9.17, 15) is 23.4 Å². The topological polar surface area (TPSA) is 116 Å². The molecule has 0 amide bonds. The van der Waals surface area contributed by atoms with E-state index in [-0.39, 0.29) is 18.0 Å². The van der Waals surface area contributed by atoms with E-state index < -0.39 is 16.3 Å². The van der Waals surface area contributed by atoms with Crippen molar-refractivity contribution in [3.05, 3.63) is 101 Å². The Hall–Kier alpha value is -3.08. The van der Waals surface area contributed by atoms with Crippen molar-refractivity contribution < 1.29 is 28.2 Å². The van der Waals surface area contributed by atoms with Crippen LogP contribution in [0.15, 0.2) is 78.9 Å². The summed E-state index contributed by atoms with van der Waals surface area (Å²) in [5, 5.41) is 18.4. The van der Waals surface area contributed by atoms with Crippen LogP contribution in [-0.4, -0.2) is 67.7 Å². The molecule has 0 aromatic heterocycles. The molecule has 0 heterocycles. The van der Waals surface area contributed by atoms with Crippen LogP contribution in [0.5, 0.6) is 0 Å². The lowest BCUT2D eigenvalue weighted by molar-refractivity contribution is -0.0381. The van der Waals surface area contributed by atoms with Gasteiger partial charge in [-0.2, -0.15) is 0 Å². The lowest BCUT2D eigenvalue weighted by Gasteiger charge is -2.22. The molecule has 0 aliphatic carbocycles. The molecule has 3 N–H and O–H groups in total. The van der Waals surface area contributed by atoms with Crippen LogP contribution >= 0.6 is 0 Å². The van der Waals surface area contributed by atoms with E-state index in [1.54, 1.807) is 24.3 Å². The monoisotopic (exact) mass is 638 g/mol. The molecule has 0 saturated carbocycles. The summed E-state index contributed by atoms with van der Waals surface area (Å²) in [7, 11) is -3.28. The second-order valence-corrected chi connectivity index (χ2v) is 13.4. The third-order valence-electron chi connectivity index (χ3n) is 7.57. The van der Waals surface area contributed by atoms with Gasteiger partial charge in [-0.25, -0.2) is 8.42 Å². The number of carbonyl (C=O) groups excluding carboxylic acids is 1. The first kappa shape index (κ1) is 36.4. The van der Waals surface area contributed by atoms with E-state index in [1.165, 1.54) is 5.56 Å². The molecule has 0 atom stereocenters. The number of nitrogens with one attached hydrogen (secondary N) is 1. The van der Waals surface area contributed by atoms with Crippen LogP contribution in [0.1, 0.15) is 78.9 Å². The highest BCUT2D eigenvalue weighted by molar-refractivity contribution is 7.92. The van der Waals surface area contributed by atoms with Crippen molar-refractivity contribution in [1.82, 2.24) is 4.90 Å². The molecule has 0 bridgehead atoms. The van der Waals surface area contributed by atoms with Crippen LogP contribution in [0.3, 0.4) is 0 Å². The van der Waals surface area contributed by atoms with Crippen molar-refractivity contribution in [2.75, 3.05) is 36.8 Å². The number of nitrogens with zero attached hydrogens (tertiary/aromatic N) is 1. The number of unbranched alkanes of at least 4 members (excludes halogenated alkanes) is 4. The number of Topliss-reactive ketones (excluding diaryl/α,β-unsaturated/α-hetero) is 1. The SMILES string of the molecule is CCCCS(=O)(=O)Nc1ccc(CCCOCCCCCCN(CC(=O)c2ccc(CC(O)O)cc2)Cc2ccccc2)cc1. The number of aryl methyl sites for hydroxylation is 1. The standard InChI is InChI=1S/C36H50N2O6S/c1-2-3-26-45(42,43)37-34-21-17-30(18-22-34)14-11-25-44-24-10-5-4-9-23-38(28-32-12-7-6-8-13-32)29-35(39)33-19-15-31(16-20-33)27-36(40)41/h6-8,12-13,15-22,36-37,40-41H,2-5,9-11,14,23-29H2,1H3. The fourth-order valence-corrected chi connectivity index (χ4v) is 6.33. The first-order chi connectivity index (χ1) is 21.7. The molecule has 246 valence electrons. The van der Waals surface area contributed by atoms with E-state index in [2.05, 4.69) is 21.8 Å². The largest absolute Gasteiger partial charge is 0.381 e. The van der Waals surface area contributed by atoms with Crippen LogP contribution < -0.4 is 4.72 Å². The van der Waals surface area contributed by atoms with Gasteiger partial charge in [-0.3, -0.25) is 14.4 Å². The Morgan fingerprint density at radius 3 is 2.16 bits per heavy atom. The number of aliphatic hydroxyl groups is 2. The Bertz CT molecular complexity index is 1350. The molecule has 9 heteroatoms. The lowest BCUT2D eigenvalue weighted by Crippen LogP contribution is -2.30. The average Bonchev–Trinajstić information content (AvgIpc) is 3.02. The predicted octanol–water partition coefficient (Wildman–Crippen LogP) is 5.98. The molecular formula is C36H50N2O6S. The predicted molar refractivity (Wildman–Crippen MR) is 181 cm³/mol. The maximum Gasteiger partial charge on any atom is 0.232 e. The van der Waals surface area contributed by atoms with Gasteiger partial charge in [-0.15, -0.1) is 0 Å². The van der Waals surface area contributed by atoms with Crippen molar-refractivity contribution in [2.24, 2.45) is 0 Å². The van der Waals surface area contributed by atoms with Crippen molar-refractivity contribution >= 4 is 21.5 Å². The Morgan fingerprint density at radius 2 is 1.47 bits per heavy atom. The van der Waals surface area contributed by atoms with Crippen LogP contribution in [0.2, 0.25) is 0 Å². The number of hydrogen-bond donors (Lipinski definition) is 3. The number of sulfonamides is 1. The number of rotatable bonds is 23. The maximum atomic E-state index is 13.0. The molecule has 3 aromatic rings. The first-order valence-electron chi connectivity index (χ1n) is 16.2. The number of carbonyl (C=O) groups is 1. The highest BCUT2D eigenvalue weighted by Crippen LogP contribution is 2.15. The molecule has 0 saturated heterocycles. The van der Waals surface area contributed by atoms with E-state index in [4.69, 9.17) is 4.74 Å². The van der Waals surface area contributed by atoms with Gasteiger partial charge in [0, 0.05) is 37.4 Å². The summed E-state index contributed by atoms with van der Waals surface area (Å²) in [4.78, 5) is 15.2. The normalized spacial score (nSPS) is 11.8. The van der Waals surface area contributed by atoms with Gasteiger partial charge < -0.3 is 14.9 Å². The highest BCUT2D eigenvalue weighted by atomic mass is 32.2. The molecule has 3 rings (SSSR count). The zero-order chi connectivity index (χ0) is 32.3. The minimum absolute atomic E-state index is 0.0541. The van der Waals surface area contributed by atoms with Gasteiger partial charge in [0.1, 0.15) is 0 Å². The molecule has 3 aromatic carbocycles. The quantitative estimate of drug-likeness (QED) is 0.0665. The van der Waals surface area contributed by atoms with Crippen molar-refractivity contribution in [3.63, 3.8) is 0 Å². The van der Waals surface area contributed by atoms with E-state index in [0.717, 1.165) is 69.2 Å². The van der Waals surface area contributed by atoms with Gasteiger partial charge in [0.2, 0.25) is 10.0 Å². The highest BCUT2D eigenvalue weighted by Gasteiger charge is 2.14. The zero-order valence-corrected chi connectivity index (χ0v) is 27.4. The van der Waals surface area contributed by atoms with E-state index >= 15 is 0 Å². The zero-order valence-electron chi connectivity index (χ0n) is 26.6. The Kier molecular flexibility index (Phi) is 16.3. The number of hydrogen-bond acceptors (Lipinski definition) is 7. The lowest BCUT2D eigenvalue weighted by atomic mass is 10.1. The number of benzene rings is 3. The van der Waals surface area contributed by atoms with Crippen LogP contribution in [0, 0.1) is 0 Å². The van der Waals surface area contributed by atoms with Crippen molar-refractivity contribution in [2.45, 2.75) is 77.5 Å². The Labute approximate surface area is 269 Å². The third-order valence-corrected chi connectivity index (χ3v) is 8.94. The molecule has 0 radical (unpaired) electrons. The summed E-state index contributed by atoms with van der Waals surface area (Å²) in [6.45, 7) is 5.27. The summed E-state index contributed by atoms with van der Waals surface area (Å²) in [5.74, 6) is 0.200. The van der Waals surface area contributed by atoms with Gasteiger partial charge in [-0.1, -0.05) is 92.9 Å². The number of aliphatic hydroxyl groups excluding tert-OH is 1. The summed E-state index contributed by atoms with van der Waals surface area (Å²) in [6, 6.07) is 24.8. The molecule has 0 aliphatic heterocycles. The third kappa shape index (κ3) is 15.2. The molecule has 45 heavy (non-hydrogen) atoms. The fourth-order valence-electron chi connectivity index (χ4n) is 5.07. The minimum atomic E-state index is -3.28. The van der Waals surface area contributed by atoms with Crippen LogP contribution in [-0.2, 0) is 34.1 Å². The van der Waals surface area contributed by atoms with E-state index in [1.807, 2.05) is 49.4 Å². The van der Waals surface area contributed by atoms with Gasteiger partial charge in [-0.05, 0) is 67.5 Å². The summed E-state index contributed by atoms with van der Waals surface area (Å²) < 4.78 is 32.6. The number of anilines is 1. The Morgan fingerprint density at radius 1 is 0.800 bits per heavy atom. The molecule has 0 fully saturated rings. The number of ketones is 1. The van der Waals surface area contributed by atoms with Crippen molar-refractivity contribution in [1.29, 1.82) is 0 Å². The summed E-state index contributed by atoms with van der Waals surface area (Å²) in [6.07, 6.45) is 6.17. The second kappa shape index (κ2) is 20.1. The van der Waals surface area contributed by atoms with Crippen LogP contribution in [0.25, 0.3) is 0 Å². The maximum absolute atomic E-state index is 13.0. The van der Waals surface area contributed by atoms with Gasteiger partial charge in [0.05, 0.1) is 12.3 Å². The number of ether oxygens (including phenoxy) is 1. The van der Waals surface area contributed by atoms with Gasteiger partial charge >= 0.3 is 0 Å². The second-order valence-electron chi connectivity index (χ2n) is 11.6. The molecule has 0 unspecified atom stereocenters. The van der Waals surface area contributed by atoms with E-state index in [0.29, 0.717) is 37.4 Å². The molecular weight excluding hydrogens is 588 g/mol. The van der Waals surface area contributed by atoms with Gasteiger partial charge in [0.25, 0.3) is 0 Å². The molecule has 0 aliphatic rings.